The van der Waals surface area contributed by atoms with Gasteiger partial charge in [0.25, 0.3) is 5.91 Å². The number of nitriles is 1. The lowest BCUT2D eigenvalue weighted by molar-refractivity contribution is 0.102. The number of amides is 1. The highest BCUT2D eigenvalue weighted by molar-refractivity contribution is 6.12. The summed E-state index contributed by atoms with van der Waals surface area (Å²) in [7, 11) is 0. The third kappa shape index (κ3) is 2.84. The van der Waals surface area contributed by atoms with Crippen molar-refractivity contribution >= 4 is 22.6 Å². The summed E-state index contributed by atoms with van der Waals surface area (Å²) in [6.07, 6.45) is 1.68. The Bertz CT molecular complexity index is 948. The van der Waals surface area contributed by atoms with Gasteiger partial charge in [0.05, 0.1) is 28.8 Å². The van der Waals surface area contributed by atoms with Gasteiger partial charge in [0, 0.05) is 17.4 Å². The van der Waals surface area contributed by atoms with Crippen molar-refractivity contribution in [3.05, 3.63) is 53.3 Å². The Morgan fingerprint density at radius 1 is 1.29 bits per heavy atom. The van der Waals surface area contributed by atoms with Crippen molar-refractivity contribution in [2.45, 2.75) is 26.8 Å². The molecule has 0 aliphatic rings. The van der Waals surface area contributed by atoms with E-state index in [2.05, 4.69) is 21.5 Å². The van der Waals surface area contributed by atoms with Crippen molar-refractivity contribution in [3.8, 4) is 6.07 Å². The second-order valence-corrected chi connectivity index (χ2v) is 5.87. The molecule has 0 aliphatic heterocycles. The van der Waals surface area contributed by atoms with E-state index in [0.29, 0.717) is 22.5 Å². The van der Waals surface area contributed by atoms with Crippen LogP contribution in [-0.2, 0) is 0 Å². The lowest BCUT2D eigenvalue weighted by Gasteiger charge is -2.09. The molecule has 24 heavy (non-hydrogen) atoms. The molecule has 2 aromatic heterocycles. The fraction of sp³-hybridized carbons (Fsp3) is 0.222. The molecule has 0 atom stereocenters. The Labute approximate surface area is 139 Å². The third-order valence-corrected chi connectivity index (χ3v) is 3.70. The zero-order valence-electron chi connectivity index (χ0n) is 13.7. The van der Waals surface area contributed by atoms with Gasteiger partial charge < -0.3 is 5.32 Å². The van der Waals surface area contributed by atoms with Crippen LogP contribution in [0.1, 0.15) is 41.5 Å². The molecule has 1 aromatic carbocycles. The number of benzene rings is 1. The first-order chi connectivity index (χ1) is 11.5. The summed E-state index contributed by atoms with van der Waals surface area (Å²) < 4.78 is 1.81. The number of pyridine rings is 1. The zero-order valence-corrected chi connectivity index (χ0v) is 13.7. The normalized spacial score (nSPS) is 10.8. The number of rotatable bonds is 3. The minimum Gasteiger partial charge on any atom is -0.322 e. The number of carbonyl (C=O) groups is 1. The molecule has 3 rings (SSSR count). The first-order valence-electron chi connectivity index (χ1n) is 7.66. The average molecular weight is 319 g/mol. The zero-order chi connectivity index (χ0) is 17.3. The Morgan fingerprint density at radius 2 is 2.00 bits per heavy atom. The predicted molar refractivity (Wildman–Crippen MR) is 91.8 cm³/mol. The molecule has 0 unspecified atom stereocenters. The quantitative estimate of drug-likeness (QED) is 0.801. The number of aromatic nitrogens is 3. The molecule has 120 valence electrons. The van der Waals surface area contributed by atoms with Crippen LogP contribution in [0.3, 0.4) is 0 Å². The second-order valence-electron chi connectivity index (χ2n) is 5.87. The number of nitrogens with one attached hydrogen (secondary N) is 1. The van der Waals surface area contributed by atoms with Gasteiger partial charge >= 0.3 is 0 Å². The molecule has 0 saturated heterocycles. The maximum absolute atomic E-state index is 12.7. The van der Waals surface area contributed by atoms with E-state index in [1.54, 1.807) is 41.2 Å². The fourth-order valence-electron chi connectivity index (χ4n) is 2.54. The molecular formula is C18H17N5O. The van der Waals surface area contributed by atoms with Crippen molar-refractivity contribution < 1.29 is 4.79 Å². The number of anilines is 1. The van der Waals surface area contributed by atoms with E-state index in [1.165, 1.54) is 0 Å². The first kappa shape index (κ1) is 15.7. The molecule has 0 bridgehead atoms. The minimum atomic E-state index is -0.224. The molecule has 0 fully saturated rings. The molecule has 6 nitrogen and oxygen atoms in total. The van der Waals surface area contributed by atoms with Crippen molar-refractivity contribution in [2.75, 3.05) is 5.32 Å². The van der Waals surface area contributed by atoms with Crippen LogP contribution in [0.4, 0.5) is 5.69 Å². The molecule has 1 N–H and O–H groups in total. The highest BCUT2D eigenvalue weighted by Crippen LogP contribution is 2.22. The Balaban J connectivity index is 1.98. The van der Waals surface area contributed by atoms with Crippen LogP contribution in [-0.4, -0.2) is 20.7 Å². The Kier molecular flexibility index (Phi) is 4.00. The first-order valence-corrected chi connectivity index (χ1v) is 7.66. The molecule has 2 heterocycles. The van der Waals surface area contributed by atoms with Crippen LogP contribution in [0.5, 0.6) is 0 Å². The molecular weight excluding hydrogens is 302 g/mol. The van der Waals surface area contributed by atoms with Crippen LogP contribution < -0.4 is 5.32 Å². The molecule has 0 aliphatic carbocycles. The van der Waals surface area contributed by atoms with Crippen LogP contribution >= 0.6 is 0 Å². The van der Waals surface area contributed by atoms with Gasteiger partial charge in [-0.15, -0.1) is 0 Å². The van der Waals surface area contributed by atoms with E-state index in [4.69, 9.17) is 5.26 Å². The van der Waals surface area contributed by atoms with E-state index >= 15 is 0 Å². The highest BCUT2D eigenvalue weighted by Gasteiger charge is 2.17. The summed E-state index contributed by atoms with van der Waals surface area (Å²) in [6.45, 7) is 5.90. The van der Waals surface area contributed by atoms with Crippen molar-refractivity contribution in [2.24, 2.45) is 0 Å². The molecule has 3 aromatic rings. The Hall–Kier alpha value is -3.20. The minimum absolute atomic E-state index is 0.159. The van der Waals surface area contributed by atoms with Crippen LogP contribution in [0.25, 0.3) is 11.0 Å². The van der Waals surface area contributed by atoms with Crippen molar-refractivity contribution in [1.29, 1.82) is 5.26 Å². The summed E-state index contributed by atoms with van der Waals surface area (Å²) in [5.41, 5.74) is 3.19. The van der Waals surface area contributed by atoms with E-state index < -0.39 is 0 Å². The number of carbonyl (C=O) groups excluding carboxylic acids is 1. The molecule has 0 spiro atoms. The van der Waals surface area contributed by atoms with Crippen molar-refractivity contribution in [1.82, 2.24) is 14.8 Å². The number of fused-ring (bicyclic) bond motifs is 1. The van der Waals surface area contributed by atoms with Gasteiger partial charge in [-0.25, -0.2) is 9.67 Å². The van der Waals surface area contributed by atoms with Crippen LogP contribution in [0, 0.1) is 18.3 Å². The van der Waals surface area contributed by atoms with E-state index in [1.807, 2.05) is 20.8 Å². The van der Waals surface area contributed by atoms with Gasteiger partial charge in [0.2, 0.25) is 0 Å². The van der Waals surface area contributed by atoms with E-state index in [9.17, 15) is 4.79 Å². The summed E-state index contributed by atoms with van der Waals surface area (Å²) in [5, 5.41) is 16.8. The number of nitrogens with zero attached hydrogens (tertiary/aromatic N) is 4. The summed E-state index contributed by atoms with van der Waals surface area (Å²) in [4.78, 5) is 17.2. The van der Waals surface area contributed by atoms with E-state index in [-0.39, 0.29) is 11.9 Å². The topological polar surface area (TPSA) is 83.6 Å². The fourth-order valence-corrected chi connectivity index (χ4v) is 2.54. The molecule has 1 amide bonds. The SMILES string of the molecule is Cc1cc(C(=O)Nc2ccc(C#N)cc2)c2cnn(C(C)C)c2n1. The smallest absolute Gasteiger partial charge is 0.256 e. The lowest BCUT2D eigenvalue weighted by Crippen LogP contribution is -2.13. The standard InChI is InChI=1S/C18H17N5O/c1-11(2)23-17-16(10-20-23)15(8-12(3)21-17)18(24)22-14-6-4-13(9-19)5-7-14/h4-8,10-11H,1-3H3,(H,22,24). The average Bonchev–Trinajstić information content (AvgIpc) is 2.98. The number of hydrogen-bond acceptors (Lipinski definition) is 4. The Morgan fingerprint density at radius 3 is 2.62 bits per heavy atom. The van der Waals surface area contributed by atoms with Gasteiger partial charge in [-0.2, -0.15) is 10.4 Å². The lowest BCUT2D eigenvalue weighted by atomic mass is 10.1. The van der Waals surface area contributed by atoms with Gasteiger partial charge in [0.1, 0.15) is 0 Å². The maximum atomic E-state index is 12.7. The highest BCUT2D eigenvalue weighted by atomic mass is 16.1. The molecule has 6 heteroatoms. The number of aryl methyl sites for hydroxylation is 1. The monoisotopic (exact) mass is 319 g/mol. The molecule has 0 radical (unpaired) electrons. The van der Waals surface area contributed by atoms with Gasteiger partial charge in [-0.3, -0.25) is 4.79 Å². The molecule has 0 saturated carbocycles. The van der Waals surface area contributed by atoms with E-state index in [0.717, 1.165) is 11.1 Å². The summed E-state index contributed by atoms with van der Waals surface area (Å²) in [5.74, 6) is -0.224. The summed E-state index contributed by atoms with van der Waals surface area (Å²) >= 11 is 0. The number of hydrogen-bond donors (Lipinski definition) is 1. The van der Waals surface area contributed by atoms with Crippen LogP contribution in [0.2, 0.25) is 0 Å². The second kappa shape index (κ2) is 6.13. The van der Waals surface area contributed by atoms with Gasteiger partial charge in [-0.05, 0) is 51.1 Å². The van der Waals surface area contributed by atoms with Gasteiger partial charge in [-0.1, -0.05) is 0 Å². The summed E-state index contributed by atoms with van der Waals surface area (Å²) in [6, 6.07) is 10.7. The van der Waals surface area contributed by atoms with Crippen LogP contribution in [0.15, 0.2) is 36.5 Å². The largest absolute Gasteiger partial charge is 0.322 e. The predicted octanol–water partition coefficient (Wildman–Crippen LogP) is 3.44. The third-order valence-electron chi connectivity index (χ3n) is 3.70. The van der Waals surface area contributed by atoms with Gasteiger partial charge in [0.15, 0.2) is 5.65 Å². The van der Waals surface area contributed by atoms with Crippen molar-refractivity contribution in [3.63, 3.8) is 0 Å². The maximum Gasteiger partial charge on any atom is 0.256 e.